The fraction of sp³-hybridized carbons (Fsp3) is 1.00. The number of halogens is 1. The van der Waals surface area contributed by atoms with Crippen molar-refractivity contribution < 1.29 is 28.4 Å². The molecule has 220 valence electrons. The minimum atomic E-state index is -1.44. The highest BCUT2D eigenvalue weighted by Gasteiger charge is 2.25. The van der Waals surface area contributed by atoms with E-state index in [0.29, 0.717) is 0 Å². The van der Waals surface area contributed by atoms with Crippen LogP contribution in [0.5, 0.6) is 0 Å². The van der Waals surface area contributed by atoms with Crippen molar-refractivity contribution in [2.24, 2.45) is 0 Å². The Balaban J connectivity index is 0. The molecule has 0 aliphatic heterocycles. The molecule has 4 heteroatoms. The van der Waals surface area contributed by atoms with Gasteiger partial charge in [-0.1, -0.05) is 130 Å². The largest absolute Gasteiger partial charge is 0.585 e. The van der Waals surface area contributed by atoms with Crippen molar-refractivity contribution >= 4 is 0 Å². The molecule has 0 saturated heterocycles. The summed E-state index contributed by atoms with van der Waals surface area (Å²) in [4.78, 5) is 0. The van der Waals surface area contributed by atoms with Crippen molar-refractivity contribution in [2.75, 3.05) is 26.2 Å². The molecule has 3 nitrogen and oxygen atoms in total. The Morgan fingerprint density at radius 2 is 0.500 bits per heavy atom. The van der Waals surface area contributed by atoms with Crippen LogP contribution in [0.1, 0.15) is 182 Å². The molecule has 0 aliphatic carbocycles. The van der Waals surface area contributed by atoms with Crippen LogP contribution in [0.4, 0.5) is 0 Å². The summed E-state index contributed by atoms with van der Waals surface area (Å²) in [5.74, 6) is 0. The Bertz CT molecular complexity index is 312. The molecule has 0 spiro atoms. The predicted molar refractivity (Wildman–Crippen MR) is 153 cm³/mol. The highest BCUT2D eigenvalue weighted by molar-refractivity contribution is 4.55. The number of nitrogens with zero attached hydrogens (tertiary/aromatic N) is 1. The van der Waals surface area contributed by atoms with Crippen LogP contribution >= 0.6 is 0 Å². The molecule has 0 bridgehead atoms. The van der Waals surface area contributed by atoms with Crippen LogP contribution in [0.3, 0.4) is 0 Å². The summed E-state index contributed by atoms with van der Waals surface area (Å²) in [5, 5.41) is 0. The van der Waals surface area contributed by atoms with E-state index in [1.807, 2.05) is 0 Å². The SMILES string of the molecule is CCCCCCCC[N+](CCCCCCCC)(CCCCCCCC)CCCCCCCC.[O-][Br+][O-]. The third kappa shape index (κ3) is 28.9. The Morgan fingerprint density at radius 3 is 0.694 bits per heavy atom. The van der Waals surface area contributed by atoms with E-state index in [1.165, 1.54) is 185 Å². The molecule has 0 heterocycles. The van der Waals surface area contributed by atoms with Crippen LogP contribution in [-0.2, 0) is 0 Å². The van der Waals surface area contributed by atoms with Crippen molar-refractivity contribution in [2.45, 2.75) is 182 Å². The summed E-state index contributed by atoms with van der Waals surface area (Å²) in [7, 11) is 0. The maximum absolute atomic E-state index is 8.41. The van der Waals surface area contributed by atoms with Crippen molar-refractivity contribution in [3.63, 3.8) is 0 Å². The number of rotatable bonds is 28. The van der Waals surface area contributed by atoms with E-state index in [-0.39, 0.29) is 0 Å². The van der Waals surface area contributed by atoms with Gasteiger partial charge in [-0.05, 0) is 51.4 Å². The monoisotopic (exact) mass is 577 g/mol. The molecule has 0 aromatic carbocycles. The first-order chi connectivity index (χ1) is 17.7. The molecule has 0 saturated carbocycles. The van der Waals surface area contributed by atoms with E-state index in [2.05, 4.69) is 27.7 Å². The summed E-state index contributed by atoms with van der Waals surface area (Å²) in [6.07, 6.45) is 34.8. The molecule has 0 amide bonds. The molecular weight excluding hydrogens is 510 g/mol. The maximum Gasteiger partial charge on any atom is 0.170 e. The Labute approximate surface area is 235 Å². The lowest BCUT2D eigenvalue weighted by molar-refractivity contribution is -1.41. The molecule has 0 unspecified atom stereocenters. The highest BCUT2D eigenvalue weighted by atomic mass is 79.9. The van der Waals surface area contributed by atoms with Gasteiger partial charge < -0.3 is 12.9 Å². The van der Waals surface area contributed by atoms with Gasteiger partial charge in [0.25, 0.3) is 0 Å². The van der Waals surface area contributed by atoms with Crippen LogP contribution in [0.25, 0.3) is 0 Å². The Hall–Kier alpha value is 0.360. The van der Waals surface area contributed by atoms with Crippen molar-refractivity contribution in [3.05, 3.63) is 0 Å². The molecule has 0 aromatic rings. The quantitative estimate of drug-likeness (QED) is 0.0688. The lowest BCUT2D eigenvalue weighted by Crippen LogP contribution is -2.50. The van der Waals surface area contributed by atoms with Crippen LogP contribution < -0.4 is 8.40 Å². The van der Waals surface area contributed by atoms with Gasteiger partial charge in [0.05, 0.1) is 26.2 Å². The van der Waals surface area contributed by atoms with Gasteiger partial charge in [0.1, 0.15) is 0 Å². The molecule has 36 heavy (non-hydrogen) atoms. The minimum absolute atomic E-state index is 1.37. The zero-order chi connectivity index (χ0) is 27.0. The van der Waals surface area contributed by atoms with E-state index < -0.39 is 15.5 Å². The fourth-order valence-electron chi connectivity index (χ4n) is 5.58. The first kappa shape index (κ1) is 38.5. The zero-order valence-electron chi connectivity index (χ0n) is 25.4. The van der Waals surface area contributed by atoms with Gasteiger partial charge in [-0.2, -0.15) is 0 Å². The van der Waals surface area contributed by atoms with Crippen LogP contribution in [0.2, 0.25) is 0 Å². The average molecular weight is 579 g/mol. The highest BCUT2D eigenvalue weighted by Crippen LogP contribution is 2.20. The van der Waals surface area contributed by atoms with Crippen molar-refractivity contribution in [1.82, 2.24) is 0 Å². The zero-order valence-corrected chi connectivity index (χ0v) is 27.0. The van der Waals surface area contributed by atoms with Gasteiger partial charge in [-0.25, -0.2) is 0 Å². The topological polar surface area (TPSA) is 46.1 Å². The second-order valence-corrected chi connectivity index (χ2v) is 11.6. The van der Waals surface area contributed by atoms with E-state index >= 15 is 0 Å². The van der Waals surface area contributed by atoms with Crippen LogP contribution in [-0.4, -0.2) is 30.7 Å². The third-order valence-electron chi connectivity index (χ3n) is 7.94. The van der Waals surface area contributed by atoms with Gasteiger partial charge in [0.2, 0.25) is 0 Å². The average Bonchev–Trinajstić information content (AvgIpc) is 2.88. The van der Waals surface area contributed by atoms with E-state index in [4.69, 9.17) is 8.40 Å². The lowest BCUT2D eigenvalue weighted by Gasteiger charge is -2.40. The number of hydrogen-bond acceptors (Lipinski definition) is 2. The molecule has 0 radical (unpaired) electrons. The molecule has 0 atom stereocenters. The van der Waals surface area contributed by atoms with Gasteiger partial charge in [-0.15, -0.1) is 0 Å². The molecule has 0 rings (SSSR count). The van der Waals surface area contributed by atoms with Crippen molar-refractivity contribution in [3.8, 4) is 0 Å². The second-order valence-electron chi connectivity index (χ2n) is 11.4. The lowest BCUT2D eigenvalue weighted by atomic mass is 10.0. The predicted octanol–water partition coefficient (Wildman–Crippen LogP) is 8.87. The number of unbranched alkanes of at least 4 members (excludes halogenated alkanes) is 20. The van der Waals surface area contributed by atoms with E-state index in [9.17, 15) is 0 Å². The Morgan fingerprint density at radius 1 is 0.333 bits per heavy atom. The number of quaternary nitrogens is 1. The fourth-order valence-corrected chi connectivity index (χ4v) is 5.58. The Kier molecular flexibility index (Phi) is 35.7. The minimum Gasteiger partial charge on any atom is -0.585 e. The van der Waals surface area contributed by atoms with Gasteiger partial charge in [0, 0.05) is 0 Å². The smallest absolute Gasteiger partial charge is 0.170 e. The van der Waals surface area contributed by atoms with Crippen LogP contribution in [0, 0.1) is 15.5 Å². The summed E-state index contributed by atoms with van der Waals surface area (Å²) >= 11 is -1.44. The molecule has 0 N–H and O–H groups in total. The van der Waals surface area contributed by atoms with Gasteiger partial charge >= 0.3 is 0 Å². The van der Waals surface area contributed by atoms with E-state index in [0.717, 1.165) is 0 Å². The molecule has 0 aromatic heterocycles. The second kappa shape index (κ2) is 33.4. The molecular formula is C32H68BrNO2. The normalized spacial score (nSPS) is 11.5. The standard InChI is InChI=1S/C32H68N.BrO2/c1-5-9-13-17-21-25-29-33(30-26-22-18-14-10-6-2,31-27-23-19-15-11-7-3)32-28-24-20-16-12-8-4;2-1-3/h5-32H2,1-4H3;/q+1;-1. The third-order valence-corrected chi connectivity index (χ3v) is 7.94. The summed E-state index contributed by atoms with van der Waals surface area (Å²) in [6.45, 7) is 15.3. The summed E-state index contributed by atoms with van der Waals surface area (Å²) in [6, 6.07) is 0. The molecule has 0 aliphatic rings. The van der Waals surface area contributed by atoms with Crippen LogP contribution in [0.15, 0.2) is 0 Å². The summed E-state index contributed by atoms with van der Waals surface area (Å²) in [5.41, 5.74) is 0. The maximum atomic E-state index is 8.41. The summed E-state index contributed by atoms with van der Waals surface area (Å²) < 4.78 is 18.3. The van der Waals surface area contributed by atoms with E-state index in [1.54, 1.807) is 0 Å². The first-order valence-electron chi connectivity index (χ1n) is 16.4. The number of hydrogen-bond donors (Lipinski definition) is 0. The van der Waals surface area contributed by atoms with Gasteiger partial charge in [0.15, 0.2) is 15.5 Å². The van der Waals surface area contributed by atoms with Gasteiger partial charge in [-0.3, -0.25) is 0 Å². The van der Waals surface area contributed by atoms with Crippen molar-refractivity contribution in [1.29, 1.82) is 0 Å². The first-order valence-corrected chi connectivity index (χ1v) is 17.7. The molecule has 0 fully saturated rings.